The fraction of sp³-hybridized carbons (Fsp3) is 0.468. The van der Waals surface area contributed by atoms with Crippen molar-refractivity contribution in [1.29, 1.82) is 0 Å². The maximum absolute atomic E-state index is 14.7. The van der Waals surface area contributed by atoms with Crippen molar-refractivity contribution in [2.45, 2.75) is 105 Å². The highest BCUT2D eigenvalue weighted by atomic mass is 16.7. The van der Waals surface area contributed by atoms with E-state index >= 15 is 0 Å². The van der Waals surface area contributed by atoms with Crippen LogP contribution in [0.3, 0.4) is 0 Å². The molecule has 2 aliphatic heterocycles. The highest BCUT2D eigenvalue weighted by Crippen LogP contribution is 2.42. The monoisotopic (exact) mass is 856 g/mol. The molecular weight excluding hydrogens is 801 g/mol. The molecule has 9 atom stereocenters. The molecule has 3 aromatic carbocycles. The molecule has 332 valence electrons. The second kappa shape index (κ2) is 17.6. The molecule has 0 fully saturated rings. The number of anilines is 1. The van der Waals surface area contributed by atoms with Crippen molar-refractivity contribution in [2.24, 2.45) is 23.7 Å². The average molecular weight is 857 g/mol. The van der Waals surface area contributed by atoms with Gasteiger partial charge in [-0.2, -0.15) is 0 Å². The average Bonchev–Trinajstić information content (AvgIpc) is 3.49. The molecule has 0 radical (unpaired) electrons. The molecule has 1 amide bonds. The summed E-state index contributed by atoms with van der Waals surface area (Å²) in [6.45, 7) is 16.3. The molecular formula is C47H56N2O13. The summed E-state index contributed by atoms with van der Waals surface area (Å²) < 4.78 is 30.3. The van der Waals surface area contributed by atoms with Gasteiger partial charge in [-0.05, 0) is 37.5 Å². The molecule has 0 saturated heterocycles. The molecule has 5 N–H and O–H groups in total. The Morgan fingerprint density at radius 2 is 1.66 bits per heavy atom. The fourth-order valence-corrected chi connectivity index (χ4v) is 8.41. The molecule has 4 aromatic rings. The molecule has 3 heterocycles. The van der Waals surface area contributed by atoms with Gasteiger partial charge in [-0.25, -0.2) is 4.98 Å². The lowest BCUT2D eigenvalue weighted by Crippen LogP contribution is -2.46. The lowest BCUT2D eigenvalue weighted by Gasteiger charge is -2.38. The Balaban J connectivity index is 1.61. The number of fused-ring (bicyclic) bond motifs is 2. The van der Waals surface area contributed by atoms with Crippen LogP contribution in [0.2, 0.25) is 0 Å². The fourth-order valence-electron chi connectivity index (χ4n) is 8.41. The molecule has 0 aliphatic carbocycles. The van der Waals surface area contributed by atoms with Crippen LogP contribution >= 0.6 is 0 Å². The number of ether oxygens (including phenoxy) is 4. The third kappa shape index (κ3) is 8.21. The van der Waals surface area contributed by atoms with Crippen molar-refractivity contribution in [3.8, 4) is 11.5 Å². The van der Waals surface area contributed by atoms with Gasteiger partial charge >= 0.3 is 5.97 Å². The number of carbonyl (C=O) groups excluding carboxylic acids is 2. The van der Waals surface area contributed by atoms with Crippen molar-refractivity contribution in [2.75, 3.05) is 19.0 Å². The molecule has 6 rings (SSSR count). The summed E-state index contributed by atoms with van der Waals surface area (Å²) in [5, 5.41) is 48.9. The number of phenolic OH excluding ortho intramolecular Hbond substituents is 1. The van der Waals surface area contributed by atoms with E-state index < -0.39 is 88.1 Å². The third-order valence-electron chi connectivity index (χ3n) is 12.3. The number of esters is 1. The Kier molecular flexibility index (Phi) is 13.1. The number of amides is 1. The number of phenols is 1. The van der Waals surface area contributed by atoms with Crippen molar-refractivity contribution in [1.82, 2.24) is 4.98 Å². The van der Waals surface area contributed by atoms with Crippen molar-refractivity contribution in [3.05, 3.63) is 84.9 Å². The predicted octanol–water partition coefficient (Wildman–Crippen LogP) is 5.73. The summed E-state index contributed by atoms with van der Waals surface area (Å²) in [5.74, 6) is -6.62. The topological polar surface area (TPSA) is 224 Å². The molecule has 15 nitrogen and oxygen atoms in total. The minimum atomic E-state index is -1.88. The van der Waals surface area contributed by atoms with Gasteiger partial charge in [0.1, 0.15) is 28.8 Å². The Labute approximate surface area is 358 Å². The van der Waals surface area contributed by atoms with Gasteiger partial charge in [0.2, 0.25) is 10.9 Å². The Hall–Kier alpha value is -5.61. The second-order valence-electron chi connectivity index (χ2n) is 17.1. The van der Waals surface area contributed by atoms with Gasteiger partial charge < -0.3 is 49.1 Å². The molecule has 0 unspecified atom stereocenters. The van der Waals surface area contributed by atoms with Crippen LogP contribution in [0.1, 0.15) is 79.4 Å². The maximum Gasteiger partial charge on any atom is 0.302 e. The minimum absolute atomic E-state index is 0.0170. The van der Waals surface area contributed by atoms with Gasteiger partial charge in [0, 0.05) is 61.2 Å². The Bertz CT molecular complexity index is 2720. The molecule has 4 bridgehead atoms. The van der Waals surface area contributed by atoms with E-state index in [0.717, 1.165) is 0 Å². The number of hydrogen-bond acceptors (Lipinski definition) is 14. The molecule has 2 aliphatic rings. The summed E-state index contributed by atoms with van der Waals surface area (Å²) in [4.78, 5) is 59.1. The molecule has 15 heteroatoms. The first kappa shape index (κ1) is 45.9. The van der Waals surface area contributed by atoms with Crippen LogP contribution in [0, 0.1) is 30.6 Å². The minimum Gasteiger partial charge on any atom is -0.507 e. The lowest BCUT2D eigenvalue weighted by molar-refractivity contribution is -0.160. The van der Waals surface area contributed by atoms with E-state index in [0.29, 0.717) is 5.56 Å². The summed E-state index contributed by atoms with van der Waals surface area (Å²) in [5.41, 5.74) is -1.23. The number of aliphatic hydroxyl groups is 3. The van der Waals surface area contributed by atoms with Crippen LogP contribution in [-0.4, -0.2) is 81.2 Å². The number of carbonyl (C=O) groups is 2. The smallest absolute Gasteiger partial charge is 0.302 e. The number of hydrogen-bond donors (Lipinski definition) is 5. The zero-order valence-corrected chi connectivity index (χ0v) is 36.9. The predicted molar refractivity (Wildman–Crippen MR) is 234 cm³/mol. The van der Waals surface area contributed by atoms with E-state index in [1.165, 1.54) is 46.9 Å². The molecule has 1 aromatic heterocycles. The zero-order chi connectivity index (χ0) is 45.7. The van der Waals surface area contributed by atoms with Gasteiger partial charge in [0.05, 0.1) is 35.5 Å². The first-order valence-electron chi connectivity index (χ1n) is 20.7. The first-order valence-corrected chi connectivity index (χ1v) is 20.7. The Morgan fingerprint density at radius 1 is 0.968 bits per heavy atom. The number of benzene rings is 3. The van der Waals surface area contributed by atoms with Gasteiger partial charge in [0.25, 0.3) is 11.7 Å². The maximum atomic E-state index is 14.7. The van der Waals surface area contributed by atoms with Crippen molar-refractivity contribution in [3.63, 3.8) is 0 Å². The SMILES string of the molecule is CO[C@H]1/C=C/CO[C@@]2(C)Oc3c(C)c(O)c4c(=O)c(c5oc6cc(C(C)C)cc(=O)c6nc5c4c3=C2O)NC(=O)/C(C)=C\C=C\[C@H](C)[C@H](O)[C@@H](C)[C@@H](O)[C@@H](C)[C@H](OC(C)=O)[C@@H]1C. The standard InChI is InChI=1S/C47H56N2O13/c1-20(2)28-18-29(51)35-31(19-28)61-44-36(48-35)32-33-40(54)26(8)43-34(32)45(56)47(10,62-43)59-17-13-16-30(58-11)23(5)42(60-27(9)50)25(7)39(53)24(6)38(52)21(3)14-12-15-22(4)46(57)49-37(44)41(33)55/h12-16,18-21,23-25,30,38-39,42,52-54,56H,17H2,1-11H3,(H,49,57)/b14-12+,16-13+,22-15-/t21-,23+,24+,25+,30-,38-,39+,42+,47-/m0/s1. The molecule has 0 saturated carbocycles. The third-order valence-corrected chi connectivity index (χ3v) is 12.3. The highest BCUT2D eigenvalue weighted by Gasteiger charge is 2.43. The van der Waals surface area contributed by atoms with Gasteiger partial charge in [0.15, 0.2) is 22.4 Å². The van der Waals surface area contributed by atoms with Crippen LogP contribution in [0.15, 0.2) is 62.1 Å². The van der Waals surface area contributed by atoms with E-state index in [1.54, 1.807) is 58.1 Å². The number of allylic oxidation sites excluding steroid dienone is 2. The van der Waals surface area contributed by atoms with E-state index in [-0.39, 0.29) is 73.3 Å². The molecule has 0 spiro atoms. The van der Waals surface area contributed by atoms with Crippen LogP contribution in [-0.2, 0) is 23.8 Å². The lowest BCUT2D eigenvalue weighted by atomic mass is 9.78. The van der Waals surface area contributed by atoms with Gasteiger partial charge in [-0.1, -0.05) is 71.9 Å². The highest BCUT2D eigenvalue weighted by molar-refractivity contribution is 6.16. The number of aromatic hydroxyl groups is 1. The number of nitrogens with zero attached hydrogens (tertiary/aromatic N) is 1. The summed E-state index contributed by atoms with van der Waals surface area (Å²) in [7, 11) is 1.48. The van der Waals surface area contributed by atoms with Crippen LogP contribution < -0.4 is 26.1 Å². The number of nitrogens with one attached hydrogen (secondary N) is 1. The van der Waals surface area contributed by atoms with E-state index in [1.807, 2.05) is 13.8 Å². The normalized spacial score (nSPS) is 29.7. The van der Waals surface area contributed by atoms with Gasteiger partial charge in [-0.15, -0.1) is 0 Å². The summed E-state index contributed by atoms with van der Waals surface area (Å²) in [6, 6.07) is 3.07. The number of aromatic nitrogens is 1. The summed E-state index contributed by atoms with van der Waals surface area (Å²) in [6.07, 6.45) is 4.33. The largest absolute Gasteiger partial charge is 0.507 e. The van der Waals surface area contributed by atoms with Crippen LogP contribution in [0.4, 0.5) is 5.69 Å². The zero-order valence-electron chi connectivity index (χ0n) is 36.9. The first-order chi connectivity index (χ1) is 29.1. The summed E-state index contributed by atoms with van der Waals surface area (Å²) >= 11 is 0. The van der Waals surface area contributed by atoms with Gasteiger partial charge in [-0.3, -0.25) is 19.2 Å². The van der Waals surface area contributed by atoms with Crippen molar-refractivity contribution < 1.29 is 53.4 Å². The van der Waals surface area contributed by atoms with Crippen LogP contribution in [0.5, 0.6) is 11.5 Å². The number of rotatable bonds is 3. The van der Waals surface area contributed by atoms with E-state index in [9.17, 15) is 39.6 Å². The van der Waals surface area contributed by atoms with E-state index in [4.69, 9.17) is 28.3 Å². The van der Waals surface area contributed by atoms with E-state index in [2.05, 4.69) is 5.32 Å². The number of methoxy groups -OCH3 is 1. The number of aliphatic hydroxyl groups excluding tert-OH is 3. The second-order valence-corrected chi connectivity index (χ2v) is 17.1. The van der Waals surface area contributed by atoms with Crippen LogP contribution in [0.25, 0.3) is 38.7 Å². The van der Waals surface area contributed by atoms with Crippen molar-refractivity contribution >= 4 is 56.3 Å². The Morgan fingerprint density at radius 3 is 2.31 bits per heavy atom. The molecule has 62 heavy (non-hydrogen) atoms. The quantitative estimate of drug-likeness (QED) is 0.0719.